The molecule has 0 spiro atoms. The number of rotatable bonds is 6. The van der Waals surface area contributed by atoms with Gasteiger partial charge in [0.25, 0.3) is 0 Å². The zero-order valence-corrected chi connectivity index (χ0v) is 14.3. The Bertz CT molecular complexity index is 557. The Kier molecular flexibility index (Phi) is 4.83. The van der Waals surface area contributed by atoms with Crippen LogP contribution in [-0.4, -0.2) is 45.0 Å². The van der Waals surface area contributed by atoms with E-state index in [-0.39, 0.29) is 24.5 Å². The molecule has 3 fully saturated rings. The maximum Gasteiger partial charge on any atom is 0.131 e. The van der Waals surface area contributed by atoms with Crippen LogP contribution in [0.1, 0.15) is 62.4 Å². The highest BCUT2D eigenvalue weighted by atomic mass is 16.3. The van der Waals surface area contributed by atoms with Crippen LogP contribution in [0.25, 0.3) is 0 Å². The third-order valence-corrected chi connectivity index (χ3v) is 6.19. The first-order valence-corrected chi connectivity index (χ1v) is 9.61. The molecular weight excluding hydrogens is 302 g/mol. The van der Waals surface area contributed by atoms with Crippen molar-refractivity contribution in [2.75, 3.05) is 6.61 Å². The molecule has 3 N–H and O–H groups in total. The first-order valence-electron chi connectivity index (χ1n) is 9.61. The van der Waals surface area contributed by atoms with Gasteiger partial charge in [-0.05, 0) is 50.5 Å². The van der Waals surface area contributed by atoms with Gasteiger partial charge in [-0.25, -0.2) is 9.97 Å². The minimum Gasteiger partial charge on any atom is -0.396 e. The summed E-state index contributed by atoms with van der Waals surface area (Å²) in [5, 5.41) is 24.0. The summed E-state index contributed by atoms with van der Waals surface area (Å²) in [6.45, 7) is 0.0508. The average molecular weight is 331 g/mol. The van der Waals surface area contributed by atoms with Crippen molar-refractivity contribution in [1.29, 1.82) is 0 Å². The predicted octanol–water partition coefficient (Wildman–Crippen LogP) is 1.79. The molecule has 3 aliphatic carbocycles. The summed E-state index contributed by atoms with van der Waals surface area (Å²) < 4.78 is 0. The highest BCUT2D eigenvalue weighted by Gasteiger charge is 2.43. The standard InChI is InChI=1S/C19H29N3O2/c23-11-16-15(9-14-7-8-20-19(22-14)12-5-6-12)17(10-18(16)24)21-13-3-1-2-4-13/h7-8,12-13,15-18,21,23-24H,1-6,9-11H2. The van der Waals surface area contributed by atoms with Crippen molar-refractivity contribution in [3.05, 3.63) is 23.8 Å². The second-order valence-electron chi connectivity index (χ2n) is 7.95. The third kappa shape index (κ3) is 3.48. The Morgan fingerprint density at radius 1 is 1.12 bits per heavy atom. The van der Waals surface area contributed by atoms with Gasteiger partial charge in [-0.15, -0.1) is 0 Å². The first kappa shape index (κ1) is 16.4. The van der Waals surface area contributed by atoms with Crippen molar-refractivity contribution in [3.8, 4) is 0 Å². The Hall–Kier alpha value is -1.04. The lowest BCUT2D eigenvalue weighted by Crippen LogP contribution is -2.41. The number of hydrogen-bond donors (Lipinski definition) is 3. The van der Waals surface area contributed by atoms with Crippen molar-refractivity contribution in [3.63, 3.8) is 0 Å². The second kappa shape index (κ2) is 7.06. The molecule has 4 unspecified atom stereocenters. The molecule has 4 atom stereocenters. The molecule has 5 heteroatoms. The third-order valence-electron chi connectivity index (χ3n) is 6.19. The van der Waals surface area contributed by atoms with Gasteiger partial charge in [0, 0.05) is 42.4 Å². The summed E-state index contributed by atoms with van der Waals surface area (Å²) in [7, 11) is 0. The van der Waals surface area contributed by atoms with E-state index in [2.05, 4.69) is 10.3 Å². The molecule has 1 heterocycles. The Morgan fingerprint density at radius 2 is 1.92 bits per heavy atom. The molecule has 24 heavy (non-hydrogen) atoms. The van der Waals surface area contributed by atoms with Gasteiger partial charge in [0.05, 0.1) is 6.10 Å². The summed E-state index contributed by atoms with van der Waals surface area (Å²) in [5.41, 5.74) is 1.06. The molecule has 0 radical (unpaired) electrons. The van der Waals surface area contributed by atoms with E-state index in [1.54, 1.807) is 0 Å². The SMILES string of the molecule is OCC1C(O)CC(NC2CCCC2)C1Cc1ccnc(C2CC2)n1. The number of aliphatic hydroxyl groups excluding tert-OH is 2. The summed E-state index contributed by atoms with van der Waals surface area (Å²) in [6, 6.07) is 2.85. The summed E-state index contributed by atoms with van der Waals surface area (Å²) in [5.74, 6) is 1.72. The topological polar surface area (TPSA) is 78.3 Å². The highest BCUT2D eigenvalue weighted by Crippen LogP contribution is 2.39. The molecule has 3 saturated carbocycles. The Morgan fingerprint density at radius 3 is 2.62 bits per heavy atom. The normalized spacial score (nSPS) is 34.1. The number of aromatic nitrogens is 2. The van der Waals surface area contributed by atoms with Crippen LogP contribution in [0, 0.1) is 11.8 Å². The molecule has 1 aromatic heterocycles. The largest absolute Gasteiger partial charge is 0.396 e. The van der Waals surface area contributed by atoms with E-state index in [1.165, 1.54) is 38.5 Å². The molecule has 0 saturated heterocycles. The molecule has 1 aromatic rings. The molecule has 132 valence electrons. The molecule has 0 amide bonds. The smallest absolute Gasteiger partial charge is 0.131 e. The Balaban J connectivity index is 1.48. The maximum absolute atomic E-state index is 10.4. The van der Waals surface area contributed by atoms with Crippen molar-refractivity contribution < 1.29 is 10.2 Å². The quantitative estimate of drug-likeness (QED) is 0.741. The second-order valence-corrected chi connectivity index (χ2v) is 7.95. The summed E-state index contributed by atoms with van der Waals surface area (Å²) in [6.07, 6.45) is 10.5. The minimum absolute atomic E-state index is 0.0508. The highest BCUT2D eigenvalue weighted by molar-refractivity contribution is 5.12. The molecule has 4 rings (SSSR count). The van der Waals surface area contributed by atoms with Gasteiger partial charge in [0.2, 0.25) is 0 Å². The summed E-state index contributed by atoms with van der Waals surface area (Å²) in [4.78, 5) is 9.16. The van der Waals surface area contributed by atoms with E-state index in [4.69, 9.17) is 4.98 Å². The van der Waals surface area contributed by atoms with Crippen LogP contribution in [0.2, 0.25) is 0 Å². The number of nitrogens with zero attached hydrogens (tertiary/aromatic N) is 2. The summed E-state index contributed by atoms with van der Waals surface area (Å²) >= 11 is 0. The molecule has 3 aliphatic rings. The number of nitrogens with one attached hydrogen (secondary N) is 1. The van der Waals surface area contributed by atoms with E-state index in [1.807, 2.05) is 12.3 Å². The van der Waals surface area contributed by atoms with Gasteiger partial charge < -0.3 is 15.5 Å². The average Bonchev–Trinajstić information content (AvgIpc) is 3.24. The van der Waals surface area contributed by atoms with Gasteiger partial charge in [0.15, 0.2) is 0 Å². The fourth-order valence-corrected chi connectivity index (χ4v) is 4.64. The monoisotopic (exact) mass is 331 g/mol. The number of aliphatic hydroxyl groups is 2. The minimum atomic E-state index is -0.413. The maximum atomic E-state index is 10.4. The first-order chi connectivity index (χ1) is 11.7. The van der Waals surface area contributed by atoms with E-state index in [9.17, 15) is 10.2 Å². The molecule has 0 aromatic carbocycles. The van der Waals surface area contributed by atoms with E-state index >= 15 is 0 Å². The van der Waals surface area contributed by atoms with E-state index in [0.29, 0.717) is 12.0 Å². The van der Waals surface area contributed by atoms with Crippen LogP contribution in [0.4, 0.5) is 0 Å². The van der Waals surface area contributed by atoms with Crippen LogP contribution in [0.5, 0.6) is 0 Å². The van der Waals surface area contributed by atoms with Gasteiger partial charge >= 0.3 is 0 Å². The molecular formula is C19H29N3O2. The van der Waals surface area contributed by atoms with Gasteiger partial charge in [-0.1, -0.05) is 12.8 Å². The van der Waals surface area contributed by atoms with Gasteiger partial charge in [-0.3, -0.25) is 0 Å². The van der Waals surface area contributed by atoms with E-state index < -0.39 is 6.10 Å². The predicted molar refractivity (Wildman–Crippen MR) is 91.6 cm³/mol. The van der Waals surface area contributed by atoms with Crippen LogP contribution < -0.4 is 5.32 Å². The lowest BCUT2D eigenvalue weighted by Gasteiger charge is -2.27. The lowest BCUT2D eigenvalue weighted by atomic mass is 9.88. The molecule has 5 nitrogen and oxygen atoms in total. The van der Waals surface area contributed by atoms with E-state index in [0.717, 1.165) is 24.4 Å². The van der Waals surface area contributed by atoms with Crippen molar-refractivity contribution in [2.45, 2.75) is 75.5 Å². The lowest BCUT2D eigenvalue weighted by molar-refractivity contribution is 0.0715. The molecule has 0 aliphatic heterocycles. The van der Waals surface area contributed by atoms with Gasteiger partial charge in [0.1, 0.15) is 5.82 Å². The van der Waals surface area contributed by atoms with Crippen molar-refractivity contribution in [2.24, 2.45) is 11.8 Å². The van der Waals surface area contributed by atoms with Crippen LogP contribution in [0.3, 0.4) is 0 Å². The fourth-order valence-electron chi connectivity index (χ4n) is 4.64. The van der Waals surface area contributed by atoms with Crippen LogP contribution in [0.15, 0.2) is 12.3 Å². The molecule has 0 bridgehead atoms. The number of hydrogen-bond acceptors (Lipinski definition) is 5. The zero-order valence-electron chi connectivity index (χ0n) is 14.3. The zero-order chi connectivity index (χ0) is 16.5. The van der Waals surface area contributed by atoms with Gasteiger partial charge in [-0.2, -0.15) is 0 Å². The van der Waals surface area contributed by atoms with Crippen LogP contribution >= 0.6 is 0 Å². The fraction of sp³-hybridized carbons (Fsp3) is 0.789. The van der Waals surface area contributed by atoms with Crippen molar-refractivity contribution in [1.82, 2.24) is 15.3 Å². The van der Waals surface area contributed by atoms with Crippen molar-refractivity contribution >= 4 is 0 Å². The Labute approximate surface area is 143 Å². The van der Waals surface area contributed by atoms with Crippen LogP contribution in [-0.2, 0) is 6.42 Å².